The molecule has 134 valence electrons. The van der Waals surface area contributed by atoms with Crippen molar-refractivity contribution < 1.29 is 19.1 Å². The summed E-state index contributed by atoms with van der Waals surface area (Å²) in [6, 6.07) is 11.0. The van der Waals surface area contributed by atoms with Gasteiger partial charge in [0.15, 0.2) is 0 Å². The molecule has 0 spiro atoms. The number of aryl methyl sites for hydroxylation is 1. The van der Waals surface area contributed by atoms with Crippen molar-refractivity contribution in [2.75, 3.05) is 18.6 Å². The number of hydrogen-bond acceptors (Lipinski definition) is 4. The van der Waals surface area contributed by atoms with Crippen LogP contribution in [0.3, 0.4) is 0 Å². The smallest absolute Gasteiger partial charge is 0.328 e. The molecule has 0 aliphatic heterocycles. The van der Waals surface area contributed by atoms with Crippen molar-refractivity contribution in [3.05, 3.63) is 42.0 Å². The summed E-state index contributed by atoms with van der Waals surface area (Å²) in [5.41, 5.74) is 1.63. The topological polar surface area (TPSA) is 55.8 Å². The first-order valence-corrected chi connectivity index (χ1v) is 8.36. The Bertz CT molecular complexity index is 769. The van der Waals surface area contributed by atoms with Crippen molar-refractivity contribution in [2.24, 2.45) is 0 Å². The van der Waals surface area contributed by atoms with E-state index < -0.39 is 12.0 Å². The zero-order valence-corrected chi connectivity index (χ0v) is 15.4. The van der Waals surface area contributed by atoms with E-state index in [9.17, 15) is 9.59 Å². The molecule has 0 saturated carbocycles. The van der Waals surface area contributed by atoms with Crippen LogP contribution in [0.25, 0.3) is 10.8 Å². The number of carbonyl (C=O) groups excluding carboxylic acids is 2. The van der Waals surface area contributed by atoms with E-state index in [1.54, 1.807) is 6.92 Å². The van der Waals surface area contributed by atoms with E-state index in [0.29, 0.717) is 5.69 Å². The number of ether oxygens (including phenoxy) is 2. The van der Waals surface area contributed by atoms with Crippen molar-refractivity contribution in [2.45, 2.75) is 39.8 Å². The number of benzene rings is 2. The molecule has 2 rings (SSSR count). The molecule has 25 heavy (non-hydrogen) atoms. The molecule has 0 unspecified atom stereocenters. The predicted octanol–water partition coefficient (Wildman–Crippen LogP) is 3.47. The molecule has 0 fully saturated rings. The molecule has 2 aromatic rings. The molecule has 1 amide bonds. The van der Waals surface area contributed by atoms with E-state index in [2.05, 4.69) is 0 Å². The van der Waals surface area contributed by atoms with Crippen LogP contribution >= 0.6 is 0 Å². The van der Waals surface area contributed by atoms with Gasteiger partial charge >= 0.3 is 5.97 Å². The lowest BCUT2D eigenvalue weighted by Crippen LogP contribution is -2.46. The molecule has 0 saturated heterocycles. The number of amides is 1. The fraction of sp³-hybridized carbons (Fsp3) is 0.400. The minimum absolute atomic E-state index is 0.0761. The van der Waals surface area contributed by atoms with Crippen LogP contribution in [0.15, 0.2) is 36.4 Å². The zero-order chi connectivity index (χ0) is 18.6. The second-order valence-electron chi connectivity index (χ2n) is 6.27. The standard InChI is InChI=1S/C20H25NO4/c1-13(2)25-12-18(22)21(15(4)20(23)24-5)19-14(3)10-11-16-8-6-7-9-17(16)19/h6-11,13,15H,12H2,1-5H3/t15-/m0/s1. The summed E-state index contributed by atoms with van der Waals surface area (Å²) >= 11 is 0. The molecule has 0 radical (unpaired) electrons. The molecule has 5 heteroatoms. The number of fused-ring (bicyclic) bond motifs is 1. The van der Waals surface area contributed by atoms with Crippen LogP contribution in [0.2, 0.25) is 0 Å². The number of hydrogen-bond donors (Lipinski definition) is 0. The van der Waals surface area contributed by atoms with Gasteiger partial charge in [0.05, 0.1) is 18.9 Å². The van der Waals surface area contributed by atoms with Gasteiger partial charge in [0.1, 0.15) is 12.6 Å². The third-order valence-electron chi connectivity index (χ3n) is 4.08. The van der Waals surface area contributed by atoms with Crippen LogP contribution in [0.5, 0.6) is 0 Å². The van der Waals surface area contributed by atoms with Crippen molar-refractivity contribution in [3.8, 4) is 0 Å². The van der Waals surface area contributed by atoms with Gasteiger partial charge in [-0.05, 0) is 38.6 Å². The molecule has 1 atom stereocenters. The Morgan fingerprint density at radius 2 is 1.76 bits per heavy atom. The van der Waals surface area contributed by atoms with E-state index in [4.69, 9.17) is 9.47 Å². The van der Waals surface area contributed by atoms with Gasteiger partial charge in [-0.3, -0.25) is 9.69 Å². The van der Waals surface area contributed by atoms with Gasteiger partial charge in [-0.2, -0.15) is 0 Å². The van der Waals surface area contributed by atoms with E-state index in [0.717, 1.165) is 16.3 Å². The summed E-state index contributed by atoms with van der Waals surface area (Å²) in [6.45, 7) is 7.23. The van der Waals surface area contributed by atoms with E-state index in [1.807, 2.05) is 57.2 Å². The van der Waals surface area contributed by atoms with Gasteiger partial charge in [0, 0.05) is 5.39 Å². The average molecular weight is 343 g/mol. The third-order valence-corrected chi connectivity index (χ3v) is 4.08. The van der Waals surface area contributed by atoms with Crippen LogP contribution in [0.4, 0.5) is 5.69 Å². The highest BCUT2D eigenvalue weighted by molar-refractivity contribution is 6.08. The van der Waals surface area contributed by atoms with Crippen molar-refractivity contribution in [1.29, 1.82) is 0 Å². The molecular formula is C20H25NO4. The van der Waals surface area contributed by atoms with Gasteiger partial charge in [0.2, 0.25) is 0 Å². The maximum atomic E-state index is 12.9. The summed E-state index contributed by atoms with van der Waals surface area (Å²) in [7, 11) is 1.32. The van der Waals surface area contributed by atoms with E-state index in [1.165, 1.54) is 12.0 Å². The monoisotopic (exact) mass is 343 g/mol. The molecule has 0 aliphatic rings. The maximum Gasteiger partial charge on any atom is 0.328 e. The highest BCUT2D eigenvalue weighted by Crippen LogP contribution is 2.32. The number of rotatable bonds is 6. The molecule has 0 bridgehead atoms. The van der Waals surface area contributed by atoms with Crippen LogP contribution < -0.4 is 4.90 Å². The molecule has 5 nitrogen and oxygen atoms in total. The Kier molecular flexibility index (Phi) is 6.15. The van der Waals surface area contributed by atoms with Crippen LogP contribution in [-0.4, -0.2) is 37.7 Å². The summed E-state index contributed by atoms with van der Waals surface area (Å²) in [5.74, 6) is -0.740. The number of nitrogens with zero attached hydrogens (tertiary/aromatic N) is 1. The Morgan fingerprint density at radius 3 is 2.40 bits per heavy atom. The second kappa shape index (κ2) is 8.12. The number of esters is 1. The van der Waals surface area contributed by atoms with E-state index >= 15 is 0 Å². The minimum Gasteiger partial charge on any atom is -0.467 e. The van der Waals surface area contributed by atoms with E-state index in [-0.39, 0.29) is 18.6 Å². The summed E-state index contributed by atoms with van der Waals surface area (Å²) in [4.78, 5) is 26.6. The number of carbonyl (C=O) groups is 2. The molecule has 0 N–H and O–H groups in total. The van der Waals surface area contributed by atoms with Crippen LogP contribution in [-0.2, 0) is 19.1 Å². The lowest BCUT2D eigenvalue weighted by molar-refractivity contribution is -0.143. The average Bonchev–Trinajstić information content (AvgIpc) is 2.61. The number of anilines is 1. The highest BCUT2D eigenvalue weighted by Gasteiger charge is 2.30. The Balaban J connectivity index is 2.57. The Hall–Kier alpha value is -2.40. The first kappa shape index (κ1) is 18.9. The third kappa shape index (κ3) is 4.17. The first-order valence-electron chi connectivity index (χ1n) is 8.36. The van der Waals surface area contributed by atoms with Gasteiger partial charge < -0.3 is 9.47 Å². The first-order chi connectivity index (χ1) is 11.9. The quantitative estimate of drug-likeness (QED) is 0.754. The largest absolute Gasteiger partial charge is 0.467 e. The maximum absolute atomic E-state index is 12.9. The Morgan fingerprint density at radius 1 is 1.08 bits per heavy atom. The fourth-order valence-corrected chi connectivity index (χ4v) is 2.80. The lowest BCUT2D eigenvalue weighted by atomic mass is 10.0. The van der Waals surface area contributed by atoms with Gasteiger partial charge in [-0.1, -0.05) is 36.4 Å². The summed E-state index contributed by atoms with van der Waals surface area (Å²) in [5, 5.41) is 1.92. The van der Waals surface area contributed by atoms with Gasteiger partial charge in [0.25, 0.3) is 5.91 Å². The van der Waals surface area contributed by atoms with Crippen LogP contribution in [0.1, 0.15) is 26.3 Å². The van der Waals surface area contributed by atoms with Crippen molar-refractivity contribution in [3.63, 3.8) is 0 Å². The highest BCUT2D eigenvalue weighted by atomic mass is 16.5. The fourth-order valence-electron chi connectivity index (χ4n) is 2.80. The minimum atomic E-state index is -0.752. The molecule has 2 aromatic carbocycles. The zero-order valence-electron chi connectivity index (χ0n) is 15.4. The van der Waals surface area contributed by atoms with Crippen molar-refractivity contribution >= 4 is 28.3 Å². The van der Waals surface area contributed by atoms with Crippen molar-refractivity contribution in [1.82, 2.24) is 0 Å². The number of methoxy groups -OCH3 is 1. The summed E-state index contributed by atoms with van der Waals surface area (Å²) in [6.07, 6.45) is -0.0761. The SMILES string of the molecule is COC(=O)[C@H](C)N(C(=O)COC(C)C)c1c(C)ccc2ccccc12. The summed E-state index contributed by atoms with van der Waals surface area (Å²) < 4.78 is 10.3. The molecule has 0 heterocycles. The van der Waals surface area contributed by atoms with Gasteiger partial charge in [-0.15, -0.1) is 0 Å². The van der Waals surface area contributed by atoms with Crippen LogP contribution in [0, 0.1) is 6.92 Å². The molecule has 0 aromatic heterocycles. The normalized spacial score (nSPS) is 12.2. The lowest BCUT2D eigenvalue weighted by Gasteiger charge is -2.30. The van der Waals surface area contributed by atoms with Gasteiger partial charge in [-0.25, -0.2) is 4.79 Å². The Labute approximate surface area is 148 Å². The molecular weight excluding hydrogens is 318 g/mol. The molecule has 0 aliphatic carbocycles. The predicted molar refractivity (Wildman–Crippen MR) is 98.7 cm³/mol. The second-order valence-corrected chi connectivity index (χ2v) is 6.27.